The summed E-state index contributed by atoms with van der Waals surface area (Å²) in [6.45, 7) is 4.51. The standard InChI is InChI=1S/C14H21N3/c1-17-8-6-12(10-17)16-14-4-2-3-11-5-7-15-9-13(11)14/h2-4,12,15-16H,5-10H2,1H3. The van der Waals surface area contributed by atoms with Crippen LogP contribution in [0.25, 0.3) is 0 Å². The average molecular weight is 231 g/mol. The summed E-state index contributed by atoms with van der Waals surface area (Å²) in [6.07, 6.45) is 2.42. The largest absolute Gasteiger partial charge is 0.381 e. The number of likely N-dealkylation sites (N-methyl/N-ethyl adjacent to an activating group) is 1. The predicted octanol–water partition coefficient (Wildman–Crippen LogP) is 1.45. The minimum atomic E-state index is 0.619. The van der Waals surface area contributed by atoms with Crippen molar-refractivity contribution < 1.29 is 0 Å². The highest BCUT2D eigenvalue weighted by Gasteiger charge is 2.21. The third-order valence-electron chi connectivity index (χ3n) is 3.90. The number of nitrogens with zero attached hydrogens (tertiary/aromatic N) is 1. The molecule has 2 heterocycles. The quantitative estimate of drug-likeness (QED) is 0.806. The van der Waals surface area contributed by atoms with Crippen molar-refractivity contribution in [3.05, 3.63) is 29.3 Å². The highest BCUT2D eigenvalue weighted by molar-refractivity contribution is 5.56. The molecule has 1 atom stereocenters. The van der Waals surface area contributed by atoms with Gasteiger partial charge in [0.05, 0.1) is 0 Å². The molecule has 0 saturated carbocycles. The summed E-state index contributed by atoms with van der Waals surface area (Å²) in [6, 6.07) is 7.30. The highest BCUT2D eigenvalue weighted by Crippen LogP contribution is 2.24. The Morgan fingerprint density at radius 3 is 3.18 bits per heavy atom. The van der Waals surface area contributed by atoms with E-state index in [9.17, 15) is 0 Å². The minimum absolute atomic E-state index is 0.619. The number of fused-ring (bicyclic) bond motifs is 1. The molecule has 1 aromatic carbocycles. The predicted molar refractivity (Wildman–Crippen MR) is 71.4 cm³/mol. The van der Waals surface area contributed by atoms with Crippen LogP contribution in [-0.2, 0) is 13.0 Å². The van der Waals surface area contributed by atoms with Gasteiger partial charge in [-0.05, 0) is 50.2 Å². The number of likely N-dealkylation sites (tertiary alicyclic amines) is 1. The molecular formula is C14H21N3. The van der Waals surface area contributed by atoms with Crippen LogP contribution < -0.4 is 10.6 Å². The third-order valence-corrected chi connectivity index (χ3v) is 3.90. The molecule has 92 valence electrons. The minimum Gasteiger partial charge on any atom is -0.381 e. The van der Waals surface area contributed by atoms with Crippen LogP contribution in [0.15, 0.2) is 18.2 Å². The fourth-order valence-electron chi connectivity index (χ4n) is 2.92. The van der Waals surface area contributed by atoms with Gasteiger partial charge in [-0.25, -0.2) is 0 Å². The van der Waals surface area contributed by atoms with Gasteiger partial charge in [-0.2, -0.15) is 0 Å². The molecule has 2 aliphatic heterocycles. The second-order valence-electron chi connectivity index (χ2n) is 5.26. The Bertz CT molecular complexity index is 402. The maximum atomic E-state index is 3.72. The molecule has 17 heavy (non-hydrogen) atoms. The Morgan fingerprint density at radius 1 is 1.41 bits per heavy atom. The summed E-state index contributed by atoms with van der Waals surface area (Å²) in [4.78, 5) is 2.39. The van der Waals surface area contributed by atoms with Gasteiger partial charge in [0, 0.05) is 24.8 Å². The van der Waals surface area contributed by atoms with Gasteiger partial charge >= 0.3 is 0 Å². The van der Waals surface area contributed by atoms with E-state index in [2.05, 4.69) is 40.8 Å². The normalized spacial score (nSPS) is 24.6. The maximum absolute atomic E-state index is 3.72. The molecule has 3 nitrogen and oxygen atoms in total. The molecule has 0 aliphatic carbocycles. The van der Waals surface area contributed by atoms with Crippen molar-refractivity contribution in [1.29, 1.82) is 0 Å². The molecule has 1 fully saturated rings. The smallest absolute Gasteiger partial charge is 0.0400 e. The van der Waals surface area contributed by atoms with E-state index in [4.69, 9.17) is 0 Å². The SMILES string of the molecule is CN1CCC(Nc2cccc3c2CNCC3)C1. The molecule has 0 amide bonds. The summed E-state index contributed by atoms with van der Waals surface area (Å²) in [5.74, 6) is 0. The summed E-state index contributed by atoms with van der Waals surface area (Å²) >= 11 is 0. The van der Waals surface area contributed by atoms with Crippen LogP contribution in [0.3, 0.4) is 0 Å². The van der Waals surface area contributed by atoms with E-state index in [-0.39, 0.29) is 0 Å². The van der Waals surface area contributed by atoms with Crippen LogP contribution in [0.1, 0.15) is 17.5 Å². The first-order valence-corrected chi connectivity index (χ1v) is 6.59. The van der Waals surface area contributed by atoms with E-state index in [1.165, 1.54) is 29.8 Å². The Balaban J connectivity index is 1.78. The van der Waals surface area contributed by atoms with Crippen molar-refractivity contribution in [3.63, 3.8) is 0 Å². The lowest BCUT2D eigenvalue weighted by Crippen LogP contribution is -2.28. The zero-order chi connectivity index (χ0) is 11.7. The van der Waals surface area contributed by atoms with Gasteiger partial charge in [0.15, 0.2) is 0 Å². The molecule has 3 rings (SSSR count). The summed E-state index contributed by atoms with van der Waals surface area (Å²) in [7, 11) is 2.20. The van der Waals surface area contributed by atoms with E-state index in [1.807, 2.05) is 0 Å². The number of benzene rings is 1. The fraction of sp³-hybridized carbons (Fsp3) is 0.571. The fourth-order valence-corrected chi connectivity index (χ4v) is 2.92. The first-order valence-electron chi connectivity index (χ1n) is 6.59. The molecule has 2 aliphatic rings. The Hall–Kier alpha value is -1.06. The summed E-state index contributed by atoms with van der Waals surface area (Å²) in [5.41, 5.74) is 4.34. The second kappa shape index (κ2) is 4.67. The third kappa shape index (κ3) is 2.31. The van der Waals surface area contributed by atoms with Crippen LogP contribution >= 0.6 is 0 Å². The topological polar surface area (TPSA) is 27.3 Å². The number of nitrogens with one attached hydrogen (secondary N) is 2. The van der Waals surface area contributed by atoms with E-state index >= 15 is 0 Å². The van der Waals surface area contributed by atoms with Gasteiger partial charge in [-0.3, -0.25) is 0 Å². The van der Waals surface area contributed by atoms with Gasteiger partial charge in [-0.1, -0.05) is 12.1 Å². The van der Waals surface area contributed by atoms with Crippen LogP contribution in [-0.4, -0.2) is 37.6 Å². The van der Waals surface area contributed by atoms with Crippen molar-refractivity contribution in [2.75, 3.05) is 32.0 Å². The summed E-state index contributed by atoms with van der Waals surface area (Å²) in [5, 5.41) is 7.18. The van der Waals surface area contributed by atoms with Crippen molar-refractivity contribution in [1.82, 2.24) is 10.2 Å². The Morgan fingerprint density at radius 2 is 2.35 bits per heavy atom. The number of hydrogen-bond donors (Lipinski definition) is 2. The second-order valence-corrected chi connectivity index (χ2v) is 5.26. The number of rotatable bonds is 2. The lowest BCUT2D eigenvalue weighted by Gasteiger charge is -2.23. The average Bonchev–Trinajstić information content (AvgIpc) is 2.75. The molecule has 1 aromatic rings. The molecule has 1 saturated heterocycles. The van der Waals surface area contributed by atoms with E-state index in [1.54, 1.807) is 0 Å². The van der Waals surface area contributed by atoms with Gasteiger partial charge in [-0.15, -0.1) is 0 Å². The van der Waals surface area contributed by atoms with Crippen LogP contribution in [0, 0.1) is 0 Å². The van der Waals surface area contributed by atoms with Gasteiger partial charge in [0.25, 0.3) is 0 Å². The highest BCUT2D eigenvalue weighted by atomic mass is 15.2. The molecule has 0 aromatic heterocycles. The first kappa shape index (κ1) is 11.1. The molecule has 0 spiro atoms. The maximum Gasteiger partial charge on any atom is 0.0400 e. The molecule has 1 unspecified atom stereocenters. The van der Waals surface area contributed by atoms with Gasteiger partial charge in [0.2, 0.25) is 0 Å². The number of anilines is 1. The van der Waals surface area contributed by atoms with Gasteiger partial charge in [0.1, 0.15) is 0 Å². The molecular weight excluding hydrogens is 210 g/mol. The molecule has 0 radical (unpaired) electrons. The number of hydrogen-bond acceptors (Lipinski definition) is 3. The van der Waals surface area contributed by atoms with E-state index in [0.29, 0.717) is 6.04 Å². The monoisotopic (exact) mass is 231 g/mol. The van der Waals surface area contributed by atoms with Crippen LogP contribution in [0.5, 0.6) is 0 Å². The lowest BCUT2D eigenvalue weighted by molar-refractivity contribution is 0.414. The van der Waals surface area contributed by atoms with Crippen molar-refractivity contribution in [2.45, 2.75) is 25.4 Å². The van der Waals surface area contributed by atoms with Crippen molar-refractivity contribution >= 4 is 5.69 Å². The lowest BCUT2D eigenvalue weighted by atomic mass is 9.99. The summed E-state index contributed by atoms with van der Waals surface area (Å²) < 4.78 is 0. The zero-order valence-corrected chi connectivity index (χ0v) is 10.5. The zero-order valence-electron chi connectivity index (χ0n) is 10.5. The molecule has 3 heteroatoms. The Kier molecular flexibility index (Phi) is 3.04. The van der Waals surface area contributed by atoms with E-state index in [0.717, 1.165) is 26.1 Å². The first-order chi connectivity index (χ1) is 8.33. The van der Waals surface area contributed by atoms with E-state index < -0.39 is 0 Å². The van der Waals surface area contributed by atoms with Crippen molar-refractivity contribution in [2.24, 2.45) is 0 Å². The van der Waals surface area contributed by atoms with Crippen LogP contribution in [0.2, 0.25) is 0 Å². The van der Waals surface area contributed by atoms with Crippen LogP contribution in [0.4, 0.5) is 5.69 Å². The molecule has 2 N–H and O–H groups in total. The van der Waals surface area contributed by atoms with Crippen molar-refractivity contribution in [3.8, 4) is 0 Å². The van der Waals surface area contributed by atoms with Gasteiger partial charge < -0.3 is 15.5 Å². The molecule has 0 bridgehead atoms. The Labute approximate surface area is 103 Å².